The quantitative estimate of drug-likeness (QED) is 0.396. The van der Waals surface area contributed by atoms with Crippen LogP contribution >= 0.6 is 11.3 Å². The second-order valence-corrected chi connectivity index (χ2v) is 7.23. The highest BCUT2D eigenvalue weighted by molar-refractivity contribution is 7.20. The van der Waals surface area contributed by atoms with Crippen LogP contribution in [0.15, 0.2) is 91.0 Å². The van der Waals surface area contributed by atoms with E-state index in [0.717, 1.165) is 0 Å². The fourth-order valence-electron chi connectivity index (χ4n) is 3.67. The normalized spacial score (nSPS) is 16.2. The molecule has 1 unspecified atom stereocenters. The van der Waals surface area contributed by atoms with Crippen molar-refractivity contribution in [1.82, 2.24) is 0 Å². The lowest BCUT2D eigenvalue weighted by atomic mass is 9.93. The Morgan fingerprint density at radius 2 is 1.33 bits per heavy atom. The van der Waals surface area contributed by atoms with Crippen LogP contribution in [0, 0.1) is 0 Å². The molecule has 1 aliphatic carbocycles. The average Bonchev–Trinajstić information content (AvgIpc) is 3.20. The zero-order valence-electron chi connectivity index (χ0n) is 13.1. The van der Waals surface area contributed by atoms with Crippen LogP contribution in [0.5, 0.6) is 0 Å². The first kappa shape index (κ1) is 13.8. The Morgan fingerprint density at radius 1 is 0.667 bits per heavy atom. The highest BCUT2D eigenvalue weighted by Gasteiger charge is 2.29. The van der Waals surface area contributed by atoms with E-state index in [1.807, 2.05) is 11.3 Å². The van der Waals surface area contributed by atoms with Crippen LogP contribution in [0.1, 0.15) is 27.5 Å². The van der Waals surface area contributed by atoms with Gasteiger partial charge in [0.25, 0.3) is 0 Å². The predicted octanol–water partition coefficient (Wildman–Crippen LogP) is 6.48. The van der Waals surface area contributed by atoms with Gasteiger partial charge in [-0.25, -0.2) is 0 Å². The smallest absolute Gasteiger partial charge is 0.0399 e. The van der Waals surface area contributed by atoms with Gasteiger partial charge in [0.2, 0.25) is 0 Å². The molecule has 0 saturated heterocycles. The van der Waals surface area contributed by atoms with Crippen molar-refractivity contribution in [3.63, 3.8) is 0 Å². The lowest BCUT2D eigenvalue weighted by Crippen LogP contribution is -1.93. The molecular formula is C23H16S. The summed E-state index contributed by atoms with van der Waals surface area (Å²) in [5.41, 5.74) is 5.53. The monoisotopic (exact) mass is 324 g/mol. The number of rotatable bonds is 2. The Morgan fingerprint density at radius 3 is 2.12 bits per heavy atom. The maximum absolute atomic E-state index is 2.44. The number of benzene rings is 3. The largest absolute Gasteiger partial charge is 0.135 e. The van der Waals surface area contributed by atoms with E-state index in [4.69, 9.17) is 0 Å². The lowest BCUT2D eigenvalue weighted by Gasteiger charge is -2.10. The van der Waals surface area contributed by atoms with Crippen LogP contribution in [-0.4, -0.2) is 0 Å². The third-order valence-electron chi connectivity index (χ3n) is 4.77. The van der Waals surface area contributed by atoms with Gasteiger partial charge in [-0.2, -0.15) is 0 Å². The summed E-state index contributed by atoms with van der Waals surface area (Å²) >= 11 is 1.92. The second kappa shape index (κ2) is 5.47. The first-order chi connectivity index (χ1) is 11.9. The van der Waals surface area contributed by atoms with Crippen molar-refractivity contribution in [3.8, 4) is 0 Å². The van der Waals surface area contributed by atoms with E-state index >= 15 is 0 Å². The summed E-state index contributed by atoms with van der Waals surface area (Å²) < 4.78 is 1.38. The van der Waals surface area contributed by atoms with Gasteiger partial charge in [0, 0.05) is 15.5 Å². The molecule has 0 radical (unpaired) electrons. The summed E-state index contributed by atoms with van der Waals surface area (Å²) in [5.74, 6) is 0.340. The molecule has 0 bridgehead atoms. The number of fused-ring (bicyclic) bond motifs is 3. The number of thiophene rings is 1. The van der Waals surface area contributed by atoms with Gasteiger partial charge in [0.1, 0.15) is 0 Å². The van der Waals surface area contributed by atoms with E-state index in [0.29, 0.717) is 5.92 Å². The summed E-state index contributed by atoms with van der Waals surface area (Å²) in [6.45, 7) is 0. The molecule has 0 nitrogen and oxygen atoms in total. The topological polar surface area (TPSA) is 0 Å². The summed E-state index contributed by atoms with van der Waals surface area (Å²) in [7, 11) is 0. The molecule has 3 aromatic carbocycles. The Balaban J connectivity index is 1.79. The Hall–Kier alpha value is -2.64. The maximum Gasteiger partial charge on any atom is 0.0399 e. The first-order valence-corrected chi connectivity index (χ1v) is 9.07. The zero-order valence-corrected chi connectivity index (χ0v) is 14.0. The Kier molecular flexibility index (Phi) is 3.14. The van der Waals surface area contributed by atoms with Gasteiger partial charge >= 0.3 is 0 Å². The molecular weight excluding hydrogens is 308 g/mol. The molecule has 4 aromatic rings. The van der Waals surface area contributed by atoms with Gasteiger partial charge in [0.05, 0.1) is 0 Å². The van der Waals surface area contributed by atoms with E-state index in [2.05, 4.69) is 91.0 Å². The van der Waals surface area contributed by atoms with Crippen molar-refractivity contribution in [2.24, 2.45) is 0 Å². The molecule has 1 heterocycles. The molecule has 114 valence electrons. The van der Waals surface area contributed by atoms with Gasteiger partial charge in [-0.1, -0.05) is 84.9 Å². The van der Waals surface area contributed by atoms with E-state index in [1.54, 1.807) is 0 Å². The van der Waals surface area contributed by atoms with E-state index in [1.165, 1.54) is 37.2 Å². The molecule has 1 aromatic heterocycles. The van der Waals surface area contributed by atoms with Gasteiger partial charge < -0.3 is 0 Å². The van der Waals surface area contributed by atoms with Gasteiger partial charge in [-0.15, -0.1) is 11.3 Å². The van der Waals surface area contributed by atoms with Crippen molar-refractivity contribution in [3.05, 3.63) is 113 Å². The lowest BCUT2D eigenvalue weighted by molar-refractivity contribution is 1.07. The molecule has 0 amide bonds. The SMILES string of the molecule is C1=C(c2ccccc2)c2sc3ccccc3c2C1c1ccccc1. The Labute approximate surface area is 145 Å². The minimum absolute atomic E-state index is 0.340. The van der Waals surface area contributed by atoms with Gasteiger partial charge in [-0.3, -0.25) is 0 Å². The van der Waals surface area contributed by atoms with Crippen LogP contribution in [0.4, 0.5) is 0 Å². The molecule has 0 saturated carbocycles. The van der Waals surface area contributed by atoms with Crippen LogP contribution in [-0.2, 0) is 0 Å². The minimum atomic E-state index is 0.340. The van der Waals surface area contributed by atoms with Gasteiger partial charge in [0.15, 0.2) is 0 Å². The minimum Gasteiger partial charge on any atom is -0.135 e. The van der Waals surface area contributed by atoms with E-state index in [-0.39, 0.29) is 0 Å². The van der Waals surface area contributed by atoms with Crippen LogP contribution in [0.3, 0.4) is 0 Å². The predicted molar refractivity (Wildman–Crippen MR) is 104 cm³/mol. The highest BCUT2D eigenvalue weighted by atomic mass is 32.1. The fourth-order valence-corrected chi connectivity index (χ4v) is 4.97. The summed E-state index contributed by atoms with van der Waals surface area (Å²) in [5, 5.41) is 1.40. The van der Waals surface area contributed by atoms with Gasteiger partial charge in [-0.05, 0) is 33.7 Å². The van der Waals surface area contributed by atoms with E-state index in [9.17, 15) is 0 Å². The zero-order chi connectivity index (χ0) is 15.9. The summed E-state index contributed by atoms with van der Waals surface area (Å²) in [6.07, 6.45) is 2.44. The standard InChI is InChI=1S/C23H16S/c1-3-9-16(10-4-1)19-15-20(17-11-5-2-6-12-17)23-22(19)18-13-7-8-14-21(18)24-23/h1-15,19H. The third kappa shape index (κ3) is 2.05. The average molecular weight is 324 g/mol. The molecule has 24 heavy (non-hydrogen) atoms. The maximum atomic E-state index is 2.44. The van der Waals surface area contributed by atoms with Crippen molar-refractivity contribution in [2.45, 2.75) is 5.92 Å². The molecule has 1 atom stereocenters. The third-order valence-corrected chi connectivity index (χ3v) is 5.99. The van der Waals surface area contributed by atoms with Crippen LogP contribution in [0.25, 0.3) is 15.7 Å². The molecule has 0 fully saturated rings. The number of hydrogen-bond donors (Lipinski definition) is 0. The van der Waals surface area contributed by atoms with Crippen molar-refractivity contribution >= 4 is 27.0 Å². The molecule has 0 aliphatic heterocycles. The summed E-state index contributed by atoms with van der Waals surface area (Å²) in [6, 6.07) is 30.4. The molecule has 5 rings (SSSR count). The van der Waals surface area contributed by atoms with Crippen molar-refractivity contribution in [2.75, 3.05) is 0 Å². The number of allylic oxidation sites excluding steroid dienone is 1. The number of hydrogen-bond acceptors (Lipinski definition) is 1. The molecule has 0 spiro atoms. The van der Waals surface area contributed by atoms with Crippen molar-refractivity contribution < 1.29 is 0 Å². The van der Waals surface area contributed by atoms with Crippen LogP contribution in [0.2, 0.25) is 0 Å². The summed E-state index contributed by atoms with van der Waals surface area (Å²) in [4.78, 5) is 1.43. The molecule has 1 aliphatic rings. The highest BCUT2D eigenvalue weighted by Crippen LogP contribution is 2.50. The van der Waals surface area contributed by atoms with Crippen LogP contribution < -0.4 is 0 Å². The second-order valence-electron chi connectivity index (χ2n) is 6.18. The molecule has 0 N–H and O–H groups in total. The van der Waals surface area contributed by atoms with Crippen molar-refractivity contribution in [1.29, 1.82) is 0 Å². The van der Waals surface area contributed by atoms with E-state index < -0.39 is 0 Å². The fraction of sp³-hybridized carbons (Fsp3) is 0.0435. The molecule has 1 heteroatoms. The first-order valence-electron chi connectivity index (χ1n) is 8.26. The Bertz CT molecular complexity index is 1040.